The van der Waals surface area contributed by atoms with E-state index in [1.54, 1.807) is 0 Å². The largest absolute Gasteiger partial charge is 0.375 e. The van der Waals surface area contributed by atoms with Gasteiger partial charge < -0.3 is 4.90 Å². The van der Waals surface area contributed by atoms with Gasteiger partial charge in [0.25, 0.3) is 0 Å². The Hall–Kier alpha value is -0.980. The molecule has 0 bridgehead atoms. The maximum atomic E-state index is 2.39. The maximum Gasteiger partial charge on any atom is 0.0363 e. The van der Waals surface area contributed by atoms with Crippen LogP contribution < -0.4 is 4.90 Å². The van der Waals surface area contributed by atoms with Crippen molar-refractivity contribution in [3.05, 3.63) is 30.3 Å². The average Bonchev–Trinajstić information content (AvgIpc) is 2.95. The Morgan fingerprint density at radius 2 is 0.632 bits per heavy atom. The molecule has 38 heavy (non-hydrogen) atoms. The van der Waals surface area contributed by atoms with E-state index >= 15 is 0 Å². The predicted molar refractivity (Wildman–Crippen MR) is 175 cm³/mol. The summed E-state index contributed by atoms with van der Waals surface area (Å²) in [6.45, 7) is 3.49. The molecule has 0 spiro atoms. The van der Waals surface area contributed by atoms with Crippen LogP contribution in [0.5, 0.6) is 0 Å². The summed E-state index contributed by atoms with van der Waals surface area (Å²) in [6, 6.07) is 10.8. The van der Waals surface area contributed by atoms with E-state index in [9.17, 15) is 0 Å². The Bertz CT molecular complexity index is 553. The van der Waals surface area contributed by atoms with Crippen molar-refractivity contribution in [1.29, 1.82) is 0 Å². The SMILES string of the molecule is CCCCCCCCCCCCCCCCCCCCCCCCCCCCCCN(C)c1ccccc1. The lowest BCUT2D eigenvalue weighted by Gasteiger charge is -2.18. The van der Waals surface area contributed by atoms with Gasteiger partial charge in [-0.3, -0.25) is 0 Å². The summed E-state index contributed by atoms with van der Waals surface area (Å²) >= 11 is 0. The molecule has 0 aromatic heterocycles. The molecule has 0 aliphatic carbocycles. The van der Waals surface area contributed by atoms with Gasteiger partial charge in [0.1, 0.15) is 0 Å². The lowest BCUT2D eigenvalue weighted by atomic mass is 10.0. The highest BCUT2D eigenvalue weighted by atomic mass is 15.1. The van der Waals surface area contributed by atoms with Crippen LogP contribution in [0.2, 0.25) is 0 Å². The number of unbranched alkanes of at least 4 members (excludes halogenated alkanes) is 27. The van der Waals surface area contributed by atoms with E-state index < -0.39 is 0 Å². The Balaban J connectivity index is 1.66. The molecule has 0 amide bonds. The van der Waals surface area contributed by atoms with Gasteiger partial charge in [-0.15, -0.1) is 0 Å². The van der Waals surface area contributed by atoms with E-state index in [2.05, 4.69) is 49.2 Å². The van der Waals surface area contributed by atoms with Gasteiger partial charge in [-0.05, 0) is 18.6 Å². The summed E-state index contributed by atoms with van der Waals surface area (Å²) in [6.07, 6.45) is 40.9. The summed E-state index contributed by atoms with van der Waals surface area (Å²) in [5.41, 5.74) is 1.34. The standard InChI is InChI=1S/C37H69N/c1-3-4-5-6-7-8-9-10-11-12-13-14-15-16-17-18-19-20-21-22-23-24-25-26-27-28-29-33-36-38(2)37-34-31-30-32-35-37/h30-32,34-35H,3-29,33,36H2,1-2H3. The summed E-state index contributed by atoms with van der Waals surface area (Å²) in [5, 5.41) is 0. The van der Waals surface area contributed by atoms with Crippen molar-refractivity contribution in [2.45, 2.75) is 187 Å². The van der Waals surface area contributed by atoms with Gasteiger partial charge in [0, 0.05) is 19.3 Å². The Kier molecular flexibility index (Phi) is 26.8. The molecular weight excluding hydrogens is 458 g/mol. The van der Waals surface area contributed by atoms with E-state index in [0.29, 0.717) is 0 Å². The Morgan fingerprint density at radius 3 is 0.921 bits per heavy atom. The fourth-order valence-corrected chi connectivity index (χ4v) is 5.83. The molecule has 0 aliphatic rings. The zero-order valence-corrected chi connectivity index (χ0v) is 26.3. The van der Waals surface area contributed by atoms with Crippen LogP contribution in [-0.4, -0.2) is 13.6 Å². The van der Waals surface area contributed by atoms with Crippen molar-refractivity contribution in [2.75, 3.05) is 18.5 Å². The van der Waals surface area contributed by atoms with E-state index in [0.717, 1.165) is 0 Å². The monoisotopic (exact) mass is 528 g/mol. The molecule has 0 fully saturated rings. The maximum absolute atomic E-state index is 2.39. The molecule has 1 heteroatoms. The van der Waals surface area contributed by atoms with Crippen LogP contribution in [0.1, 0.15) is 187 Å². The minimum absolute atomic E-state index is 1.18. The lowest BCUT2D eigenvalue weighted by molar-refractivity contribution is 0.514. The molecule has 0 saturated heterocycles. The quantitative estimate of drug-likeness (QED) is 0.0899. The molecule has 0 aliphatic heterocycles. The molecule has 1 aromatic carbocycles. The first-order valence-corrected chi connectivity index (χ1v) is 17.6. The number of benzene rings is 1. The summed E-state index contributed by atoms with van der Waals surface area (Å²) < 4.78 is 0. The highest BCUT2D eigenvalue weighted by Gasteiger charge is 2.00. The zero-order valence-electron chi connectivity index (χ0n) is 26.3. The van der Waals surface area contributed by atoms with Gasteiger partial charge in [0.15, 0.2) is 0 Å². The molecule has 1 nitrogen and oxygen atoms in total. The predicted octanol–water partition coefficient (Wildman–Crippen LogP) is 13.1. The minimum Gasteiger partial charge on any atom is -0.375 e. The van der Waals surface area contributed by atoms with Gasteiger partial charge >= 0.3 is 0 Å². The van der Waals surface area contributed by atoms with E-state index in [1.165, 1.54) is 192 Å². The van der Waals surface area contributed by atoms with Crippen LogP contribution in [0.25, 0.3) is 0 Å². The number of nitrogens with zero attached hydrogens (tertiary/aromatic N) is 1. The first kappa shape index (κ1) is 35.0. The Morgan fingerprint density at radius 1 is 0.368 bits per heavy atom. The third-order valence-electron chi connectivity index (χ3n) is 8.54. The summed E-state index contributed by atoms with van der Waals surface area (Å²) in [4.78, 5) is 2.39. The molecule has 1 rings (SSSR count). The smallest absolute Gasteiger partial charge is 0.0363 e. The molecule has 1 aromatic rings. The first-order chi connectivity index (χ1) is 18.8. The molecular formula is C37H69N. The summed E-state index contributed by atoms with van der Waals surface area (Å²) in [5.74, 6) is 0. The van der Waals surface area contributed by atoms with Crippen LogP contribution in [-0.2, 0) is 0 Å². The van der Waals surface area contributed by atoms with Gasteiger partial charge in [-0.2, -0.15) is 0 Å². The van der Waals surface area contributed by atoms with Crippen molar-refractivity contribution < 1.29 is 0 Å². The third-order valence-corrected chi connectivity index (χ3v) is 8.54. The minimum atomic E-state index is 1.18. The van der Waals surface area contributed by atoms with Crippen LogP contribution in [0, 0.1) is 0 Å². The molecule has 0 radical (unpaired) electrons. The van der Waals surface area contributed by atoms with Gasteiger partial charge in [0.2, 0.25) is 0 Å². The van der Waals surface area contributed by atoms with Gasteiger partial charge in [-0.25, -0.2) is 0 Å². The lowest BCUT2D eigenvalue weighted by Crippen LogP contribution is -2.18. The molecule has 0 unspecified atom stereocenters. The van der Waals surface area contributed by atoms with Gasteiger partial charge in [-0.1, -0.05) is 198 Å². The van der Waals surface area contributed by atoms with Crippen molar-refractivity contribution in [3.8, 4) is 0 Å². The Labute approximate surface area is 241 Å². The molecule has 0 heterocycles. The van der Waals surface area contributed by atoms with Crippen molar-refractivity contribution >= 4 is 5.69 Å². The highest BCUT2D eigenvalue weighted by Crippen LogP contribution is 2.17. The third kappa shape index (κ3) is 24.1. The van der Waals surface area contributed by atoms with Gasteiger partial charge in [0.05, 0.1) is 0 Å². The second-order valence-corrected chi connectivity index (χ2v) is 12.3. The van der Waals surface area contributed by atoms with Crippen LogP contribution >= 0.6 is 0 Å². The highest BCUT2D eigenvalue weighted by molar-refractivity contribution is 5.44. The van der Waals surface area contributed by atoms with Crippen LogP contribution in [0.3, 0.4) is 0 Å². The number of para-hydroxylation sites is 1. The average molecular weight is 528 g/mol. The number of hydrogen-bond acceptors (Lipinski definition) is 1. The molecule has 222 valence electrons. The summed E-state index contributed by atoms with van der Waals surface area (Å²) in [7, 11) is 2.22. The number of hydrogen-bond donors (Lipinski definition) is 0. The van der Waals surface area contributed by atoms with Crippen LogP contribution in [0.15, 0.2) is 30.3 Å². The molecule has 0 saturated carbocycles. The van der Waals surface area contributed by atoms with Crippen molar-refractivity contribution in [1.82, 2.24) is 0 Å². The number of rotatable bonds is 30. The van der Waals surface area contributed by atoms with Crippen molar-refractivity contribution in [3.63, 3.8) is 0 Å². The van der Waals surface area contributed by atoms with E-state index in [1.807, 2.05) is 0 Å². The second-order valence-electron chi connectivity index (χ2n) is 12.3. The first-order valence-electron chi connectivity index (χ1n) is 17.6. The molecule has 0 N–H and O–H groups in total. The van der Waals surface area contributed by atoms with Crippen molar-refractivity contribution in [2.24, 2.45) is 0 Å². The van der Waals surface area contributed by atoms with Crippen LogP contribution in [0.4, 0.5) is 5.69 Å². The molecule has 0 atom stereocenters. The van der Waals surface area contributed by atoms with E-state index in [-0.39, 0.29) is 0 Å². The fraction of sp³-hybridized carbons (Fsp3) is 0.838. The number of anilines is 1. The normalized spacial score (nSPS) is 11.3. The van der Waals surface area contributed by atoms with E-state index in [4.69, 9.17) is 0 Å². The second kappa shape index (κ2) is 29.0. The topological polar surface area (TPSA) is 3.24 Å². The fourth-order valence-electron chi connectivity index (χ4n) is 5.83. The zero-order chi connectivity index (χ0) is 27.2.